The number of aromatic nitrogens is 1. The van der Waals surface area contributed by atoms with E-state index in [0.29, 0.717) is 16.8 Å². The summed E-state index contributed by atoms with van der Waals surface area (Å²) in [5, 5.41) is 3.42. The molecule has 0 aromatic carbocycles. The normalized spacial score (nSPS) is 21.5. The van der Waals surface area contributed by atoms with E-state index in [1.54, 1.807) is 22.9 Å². The van der Waals surface area contributed by atoms with Crippen molar-refractivity contribution in [3.8, 4) is 0 Å². The van der Waals surface area contributed by atoms with Crippen LogP contribution < -0.4 is 5.32 Å². The summed E-state index contributed by atoms with van der Waals surface area (Å²) in [6.07, 6.45) is 6.58. The molecule has 0 radical (unpaired) electrons. The van der Waals surface area contributed by atoms with E-state index < -0.39 is 6.04 Å². The monoisotopic (exact) mass is 323 g/mol. The lowest BCUT2D eigenvalue weighted by atomic mass is 10.2. The number of thiazole rings is 1. The van der Waals surface area contributed by atoms with Gasteiger partial charge in [-0.2, -0.15) is 0 Å². The predicted molar refractivity (Wildman–Crippen MR) is 85.4 cm³/mol. The summed E-state index contributed by atoms with van der Waals surface area (Å²) in [6, 6.07) is -0.395. The molecule has 1 aromatic rings. The molecule has 5 nitrogen and oxygen atoms in total. The van der Waals surface area contributed by atoms with E-state index in [1.807, 2.05) is 13.0 Å². The van der Waals surface area contributed by atoms with E-state index >= 15 is 0 Å². The van der Waals surface area contributed by atoms with Gasteiger partial charge in [-0.15, -0.1) is 23.1 Å². The highest BCUT2D eigenvalue weighted by Gasteiger charge is 2.36. The summed E-state index contributed by atoms with van der Waals surface area (Å²) >= 11 is 3.07. The van der Waals surface area contributed by atoms with Gasteiger partial charge < -0.3 is 10.2 Å². The van der Waals surface area contributed by atoms with Gasteiger partial charge in [0.05, 0.1) is 5.88 Å². The number of anilines is 1. The number of hydrogen-bond acceptors (Lipinski definition) is 5. The van der Waals surface area contributed by atoms with Crippen molar-refractivity contribution in [1.82, 2.24) is 9.88 Å². The van der Waals surface area contributed by atoms with Crippen LogP contribution in [0, 0.1) is 6.92 Å². The van der Waals surface area contributed by atoms with E-state index in [2.05, 4.69) is 10.3 Å². The fraction of sp³-hybridized carbons (Fsp3) is 0.500. The van der Waals surface area contributed by atoms with Crippen LogP contribution >= 0.6 is 23.1 Å². The molecule has 1 N–H and O–H groups in total. The Kier molecular flexibility index (Phi) is 4.30. The van der Waals surface area contributed by atoms with Crippen molar-refractivity contribution < 1.29 is 9.59 Å². The third-order valence-electron chi connectivity index (χ3n) is 3.61. The predicted octanol–water partition coefficient (Wildman–Crippen LogP) is 2.40. The number of amides is 2. The van der Waals surface area contributed by atoms with Crippen molar-refractivity contribution in [3.05, 3.63) is 22.7 Å². The highest BCUT2D eigenvalue weighted by Crippen LogP contribution is 2.28. The Hall–Kier alpha value is -1.34. The first-order chi connectivity index (χ1) is 10.1. The van der Waals surface area contributed by atoms with Crippen molar-refractivity contribution in [2.45, 2.75) is 32.2 Å². The molecule has 2 amide bonds. The Labute approximate surface area is 131 Å². The minimum Gasteiger partial charge on any atom is -0.317 e. The van der Waals surface area contributed by atoms with Gasteiger partial charge in [0.2, 0.25) is 5.91 Å². The second-order valence-corrected chi connectivity index (χ2v) is 7.41. The van der Waals surface area contributed by atoms with Gasteiger partial charge in [-0.3, -0.25) is 9.59 Å². The maximum Gasteiger partial charge on any atom is 0.250 e. The molecule has 0 saturated carbocycles. The van der Waals surface area contributed by atoms with E-state index in [4.69, 9.17) is 0 Å². The molecule has 3 rings (SSSR count). The molecule has 1 aliphatic carbocycles. The fourth-order valence-electron chi connectivity index (χ4n) is 2.51. The molecule has 1 aromatic heterocycles. The van der Waals surface area contributed by atoms with Crippen LogP contribution in [0.5, 0.6) is 0 Å². The number of allylic oxidation sites excluding steroid dienone is 1. The Balaban J connectivity index is 1.68. The van der Waals surface area contributed by atoms with Crippen molar-refractivity contribution in [3.63, 3.8) is 0 Å². The number of thioether (sulfide) groups is 1. The first-order valence-electron chi connectivity index (χ1n) is 6.96. The number of rotatable bonds is 3. The van der Waals surface area contributed by atoms with Gasteiger partial charge in [0, 0.05) is 22.4 Å². The third kappa shape index (κ3) is 3.13. The van der Waals surface area contributed by atoms with Gasteiger partial charge in [0.1, 0.15) is 6.04 Å². The SMILES string of the molecule is Cc1cnc(NC(=O)C2CSCN2C(=O)C2=CCCC2)s1. The second-order valence-electron chi connectivity index (χ2n) is 5.18. The summed E-state index contributed by atoms with van der Waals surface area (Å²) in [5.41, 5.74) is 0.861. The van der Waals surface area contributed by atoms with Crippen molar-refractivity contribution in [2.24, 2.45) is 0 Å². The summed E-state index contributed by atoms with van der Waals surface area (Å²) in [4.78, 5) is 31.7. The van der Waals surface area contributed by atoms with Gasteiger partial charge in [-0.1, -0.05) is 6.08 Å². The molecule has 1 aliphatic heterocycles. The zero-order valence-electron chi connectivity index (χ0n) is 11.8. The standard InChI is InChI=1S/C14H17N3O2S2/c1-9-6-15-14(21-9)16-12(18)11-7-20-8-17(11)13(19)10-4-2-3-5-10/h4,6,11H,2-3,5,7-8H2,1H3,(H,15,16,18). The summed E-state index contributed by atoms with van der Waals surface area (Å²) in [5.74, 6) is 1.12. The third-order valence-corrected chi connectivity index (χ3v) is 5.45. The van der Waals surface area contributed by atoms with Crippen molar-refractivity contribution in [1.29, 1.82) is 0 Å². The van der Waals surface area contributed by atoms with E-state index in [0.717, 1.165) is 29.7 Å². The van der Waals surface area contributed by atoms with E-state index in [9.17, 15) is 9.59 Å². The average Bonchev–Trinajstić information content (AvgIpc) is 3.19. The molecule has 2 aliphatic rings. The van der Waals surface area contributed by atoms with Crippen LogP contribution in [0.2, 0.25) is 0 Å². The van der Waals surface area contributed by atoms with Crippen LogP contribution in [0.3, 0.4) is 0 Å². The molecule has 21 heavy (non-hydrogen) atoms. The van der Waals surface area contributed by atoms with Gasteiger partial charge in [-0.05, 0) is 26.2 Å². The van der Waals surface area contributed by atoms with E-state index in [-0.39, 0.29) is 11.8 Å². The maximum absolute atomic E-state index is 12.5. The molecular weight excluding hydrogens is 306 g/mol. The summed E-state index contributed by atoms with van der Waals surface area (Å²) in [7, 11) is 0. The van der Waals surface area contributed by atoms with Crippen LogP contribution in [-0.2, 0) is 9.59 Å². The van der Waals surface area contributed by atoms with Gasteiger partial charge in [-0.25, -0.2) is 4.98 Å². The lowest BCUT2D eigenvalue weighted by Gasteiger charge is -2.23. The topological polar surface area (TPSA) is 62.3 Å². The molecular formula is C14H17N3O2S2. The number of aryl methyl sites for hydroxylation is 1. The Morgan fingerprint density at radius 2 is 2.33 bits per heavy atom. The molecule has 0 spiro atoms. The minimum absolute atomic E-state index is 0.0213. The fourth-order valence-corrected chi connectivity index (χ4v) is 4.33. The molecule has 1 atom stereocenters. The second kappa shape index (κ2) is 6.19. The average molecular weight is 323 g/mol. The molecule has 2 heterocycles. The lowest BCUT2D eigenvalue weighted by Crippen LogP contribution is -2.44. The number of nitrogens with one attached hydrogen (secondary N) is 1. The maximum atomic E-state index is 12.5. The summed E-state index contributed by atoms with van der Waals surface area (Å²) in [6.45, 7) is 1.95. The van der Waals surface area contributed by atoms with Crippen molar-refractivity contribution >= 4 is 40.0 Å². The van der Waals surface area contributed by atoms with Crippen LogP contribution in [0.1, 0.15) is 24.1 Å². The number of carbonyl (C=O) groups is 2. The molecule has 1 fully saturated rings. The number of nitrogens with zero attached hydrogens (tertiary/aromatic N) is 2. The van der Waals surface area contributed by atoms with Gasteiger partial charge in [0.15, 0.2) is 5.13 Å². The van der Waals surface area contributed by atoms with Gasteiger partial charge >= 0.3 is 0 Å². The Morgan fingerprint density at radius 1 is 1.48 bits per heavy atom. The largest absolute Gasteiger partial charge is 0.317 e. The van der Waals surface area contributed by atoms with Crippen LogP contribution in [0.15, 0.2) is 17.8 Å². The zero-order chi connectivity index (χ0) is 14.8. The van der Waals surface area contributed by atoms with Crippen LogP contribution in [0.4, 0.5) is 5.13 Å². The lowest BCUT2D eigenvalue weighted by molar-refractivity contribution is -0.133. The number of hydrogen-bond donors (Lipinski definition) is 1. The Bertz CT molecular complexity index is 597. The quantitative estimate of drug-likeness (QED) is 0.928. The first-order valence-corrected chi connectivity index (χ1v) is 8.93. The molecule has 112 valence electrons. The van der Waals surface area contributed by atoms with Gasteiger partial charge in [0.25, 0.3) is 5.91 Å². The molecule has 1 saturated heterocycles. The highest BCUT2D eigenvalue weighted by molar-refractivity contribution is 7.99. The first kappa shape index (κ1) is 14.6. The molecule has 1 unspecified atom stereocenters. The Morgan fingerprint density at radius 3 is 3.00 bits per heavy atom. The summed E-state index contributed by atoms with van der Waals surface area (Å²) < 4.78 is 0. The van der Waals surface area contributed by atoms with E-state index in [1.165, 1.54) is 11.3 Å². The minimum atomic E-state index is -0.395. The van der Waals surface area contributed by atoms with Crippen molar-refractivity contribution in [2.75, 3.05) is 16.9 Å². The van der Waals surface area contributed by atoms with Crippen LogP contribution in [-0.4, -0.2) is 39.4 Å². The molecule has 0 bridgehead atoms. The van der Waals surface area contributed by atoms with Crippen LogP contribution in [0.25, 0.3) is 0 Å². The zero-order valence-corrected chi connectivity index (χ0v) is 13.4. The smallest absolute Gasteiger partial charge is 0.250 e. The number of carbonyl (C=O) groups excluding carboxylic acids is 2. The highest BCUT2D eigenvalue weighted by atomic mass is 32.2. The molecule has 7 heteroatoms.